The molecule has 2 aromatic carbocycles. The molecular weight excluding hydrogens is 415 g/mol. The molecule has 0 saturated carbocycles. The molecule has 0 spiro atoms. The number of rotatable bonds is 6. The third-order valence-electron chi connectivity index (χ3n) is 4.20. The molecule has 0 aliphatic carbocycles. The molecule has 1 heterocycles. The third kappa shape index (κ3) is 4.96. The Hall–Kier alpha value is -4.52. The third-order valence-corrected chi connectivity index (χ3v) is 4.20. The first kappa shape index (κ1) is 22.2. The smallest absolute Gasteiger partial charge is 0.346 e. The molecule has 10 heteroatoms. The molecule has 162 valence electrons. The summed E-state index contributed by atoms with van der Waals surface area (Å²) in [6.07, 6.45) is 1.53. The Labute approximate surface area is 183 Å². The van der Waals surface area contributed by atoms with Gasteiger partial charge >= 0.3 is 5.97 Å². The number of benzene rings is 2. The van der Waals surface area contributed by atoms with Crippen LogP contribution in [0.3, 0.4) is 0 Å². The molecule has 0 radical (unpaired) electrons. The van der Waals surface area contributed by atoms with Crippen molar-refractivity contribution in [1.82, 2.24) is 15.0 Å². The number of hydrogen-bond donors (Lipinski definition) is 1. The number of methoxy groups -OCH3 is 1. The molecule has 0 saturated heterocycles. The highest BCUT2D eigenvalue weighted by Gasteiger charge is 2.17. The predicted molar refractivity (Wildman–Crippen MR) is 116 cm³/mol. The maximum atomic E-state index is 13.8. The lowest BCUT2D eigenvalue weighted by Gasteiger charge is -2.11. The van der Waals surface area contributed by atoms with Gasteiger partial charge in [-0.05, 0) is 35.9 Å². The molecule has 0 aliphatic heterocycles. The number of nitrogen functional groups attached to an aromatic ring is 1. The number of aromatic nitrogens is 3. The molecule has 32 heavy (non-hydrogen) atoms. The van der Waals surface area contributed by atoms with Crippen LogP contribution < -0.4 is 20.1 Å². The molecule has 3 rings (SSSR count). The molecule has 0 atom stereocenters. The number of nitrogens with zero attached hydrogens (tertiary/aromatic N) is 5. The van der Waals surface area contributed by atoms with Gasteiger partial charge in [0.2, 0.25) is 11.9 Å². The van der Waals surface area contributed by atoms with Crippen molar-refractivity contribution in [1.29, 1.82) is 5.26 Å². The van der Waals surface area contributed by atoms with Crippen LogP contribution in [-0.2, 0) is 0 Å². The number of carbonyl (C=O) groups excluding carboxylic acids is 1. The Morgan fingerprint density at radius 1 is 1.16 bits per heavy atom. The van der Waals surface area contributed by atoms with Gasteiger partial charge in [-0.1, -0.05) is 18.2 Å². The van der Waals surface area contributed by atoms with Crippen molar-refractivity contribution in [3.05, 3.63) is 65.2 Å². The van der Waals surface area contributed by atoms with Crippen LogP contribution in [0.5, 0.6) is 11.5 Å². The van der Waals surface area contributed by atoms with E-state index in [1.54, 1.807) is 31.1 Å². The molecule has 0 fully saturated rings. The summed E-state index contributed by atoms with van der Waals surface area (Å²) in [6.45, 7) is 0. The zero-order valence-electron chi connectivity index (χ0n) is 17.5. The number of carbonyl (C=O) groups is 1. The zero-order chi connectivity index (χ0) is 23.3. The molecule has 0 bridgehead atoms. The van der Waals surface area contributed by atoms with Crippen LogP contribution in [0.1, 0.15) is 21.7 Å². The first-order valence-corrected chi connectivity index (χ1v) is 9.28. The van der Waals surface area contributed by atoms with Gasteiger partial charge in [0, 0.05) is 14.1 Å². The van der Waals surface area contributed by atoms with E-state index < -0.39 is 11.8 Å². The fourth-order valence-corrected chi connectivity index (χ4v) is 2.65. The minimum absolute atomic E-state index is 0.0205. The van der Waals surface area contributed by atoms with Gasteiger partial charge in [-0.25, -0.2) is 9.18 Å². The number of ether oxygens (including phenoxy) is 2. The van der Waals surface area contributed by atoms with Crippen molar-refractivity contribution in [2.75, 3.05) is 31.8 Å². The number of halogens is 1. The largest absolute Gasteiger partial charge is 0.493 e. The maximum Gasteiger partial charge on any atom is 0.346 e. The number of anilines is 2. The fourth-order valence-electron chi connectivity index (χ4n) is 2.65. The van der Waals surface area contributed by atoms with Gasteiger partial charge < -0.3 is 20.1 Å². The van der Waals surface area contributed by atoms with Crippen LogP contribution in [0.4, 0.5) is 16.3 Å². The Morgan fingerprint density at radius 3 is 2.56 bits per heavy atom. The monoisotopic (exact) mass is 434 g/mol. The summed E-state index contributed by atoms with van der Waals surface area (Å²) in [5.74, 6) is -0.851. The van der Waals surface area contributed by atoms with Gasteiger partial charge in [-0.3, -0.25) is 0 Å². The van der Waals surface area contributed by atoms with Crippen LogP contribution >= 0.6 is 0 Å². The summed E-state index contributed by atoms with van der Waals surface area (Å²) < 4.78 is 24.4. The normalized spacial score (nSPS) is 10.9. The van der Waals surface area contributed by atoms with Gasteiger partial charge in [-0.2, -0.15) is 20.2 Å². The number of allylic oxidation sites excluding steroid dienone is 1. The highest BCUT2D eigenvalue weighted by molar-refractivity contribution is 5.92. The SMILES string of the molecule is COc1cc(/C=C(\C#N)c2nc(N)nc(N(C)C)n2)ccc1OC(=O)c1ccccc1F. The van der Waals surface area contributed by atoms with Crippen LogP contribution in [0.15, 0.2) is 42.5 Å². The van der Waals surface area contributed by atoms with Gasteiger partial charge in [0.15, 0.2) is 17.3 Å². The minimum Gasteiger partial charge on any atom is -0.493 e. The second kappa shape index (κ2) is 9.53. The van der Waals surface area contributed by atoms with Crippen LogP contribution in [0.2, 0.25) is 0 Å². The summed E-state index contributed by atoms with van der Waals surface area (Å²) >= 11 is 0. The van der Waals surface area contributed by atoms with E-state index in [-0.39, 0.29) is 34.4 Å². The van der Waals surface area contributed by atoms with Gasteiger partial charge in [0.25, 0.3) is 0 Å². The summed E-state index contributed by atoms with van der Waals surface area (Å²) in [6, 6.07) is 12.2. The molecule has 0 amide bonds. The number of nitrogens with two attached hydrogens (primary N) is 1. The van der Waals surface area contributed by atoms with E-state index in [1.165, 1.54) is 43.5 Å². The van der Waals surface area contributed by atoms with Crippen LogP contribution in [-0.4, -0.2) is 42.1 Å². The Morgan fingerprint density at radius 2 is 1.91 bits per heavy atom. The summed E-state index contributed by atoms with van der Waals surface area (Å²) in [5.41, 5.74) is 6.22. The average molecular weight is 434 g/mol. The lowest BCUT2D eigenvalue weighted by Crippen LogP contribution is -2.15. The summed E-state index contributed by atoms with van der Waals surface area (Å²) in [4.78, 5) is 26.2. The summed E-state index contributed by atoms with van der Waals surface area (Å²) in [5, 5.41) is 9.60. The van der Waals surface area contributed by atoms with Crippen LogP contribution in [0, 0.1) is 17.1 Å². The van der Waals surface area contributed by atoms with E-state index in [4.69, 9.17) is 15.2 Å². The standard InChI is InChI=1S/C22H19FN6O3/c1-29(2)22-27-19(26-21(25)28-22)14(12-24)10-13-8-9-17(18(11-13)31-3)32-20(30)15-6-4-5-7-16(15)23/h4-11H,1-3H3,(H2,25,26,27,28)/b14-10+. The highest BCUT2D eigenvalue weighted by atomic mass is 19.1. The Balaban J connectivity index is 1.93. The first-order chi connectivity index (χ1) is 15.3. The van der Waals surface area contributed by atoms with Gasteiger partial charge in [0.05, 0.1) is 18.2 Å². The first-order valence-electron chi connectivity index (χ1n) is 9.28. The maximum absolute atomic E-state index is 13.8. The number of nitriles is 1. The lowest BCUT2D eigenvalue weighted by atomic mass is 10.1. The fraction of sp³-hybridized carbons (Fsp3) is 0.136. The number of hydrogen-bond acceptors (Lipinski definition) is 9. The van der Waals surface area contributed by atoms with Crippen molar-refractivity contribution in [2.45, 2.75) is 0 Å². The Kier molecular flexibility index (Phi) is 6.60. The van der Waals surface area contributed by atoms with E-state index >= 15 is 0 Å². The quantitative estimate of drug-likeness (QED) is 0.354. The molecule has 0 unspecified atom stereocenters. The van der Waals surface area contributed by atoms with Crippen molar-refractivity contribution in [3.63, 3.8) is 0 Å². The molecule has 0 aliphatic rings. The van der Waals surface area contributed by atoms with Crippen molar-refractivity contribution in [2.24, 2.45) is 0 Å². The van der Waals surface area contributed by atoms with Crippen molar-refractivity contribution >= 4 is 29.5 Å². The zero-order valence-corrected chi connectivity index (χ0v) is 17.5. The predicted octanol–water partition coefficient (Wildman–Crippen LogP) is 2.95. The summed E-state index contributed by atoms with van der Waals surface area (Å²) in [7, 11) is 4.87. The minimum atomic E-state index is -0.862. The Bertz CT molecular complexity index is 1240. The molecular formula is C22H19FN6O3. The average Bonchev–Trinajstić information content (AvgIpc) is 2.77. The van der Waals surface area contributed by atoms with E-state index in [1.807, 2.05) is 6.07 Å². The molecule has 9 nitrogen and oxygen atoms in total. The van der Waals surface area contributed by atoms with E-state index in [2.05, 4.69) is 15.0 Å². The van der Waals surface area contributed by atoms with Crippen LogP contribution in [0.25, 0.3) is 11.6 Å². The topological polar surface area (TPSA) is 127 Å². The van der Waals surface area contributed by atoms with E-state index in [0.29, 0.717) is 11.5 Å². The van der Waals surface area contributed by atoms with Gasteiger partial charge in [-0.15, -0.1) is 0 Å². The van der Waals surface area contributed by atoms with Gasteiger partial charge in [0.1, 0.15) is 11.9 Å². The second-order valence-corrected chi connectivity index (χ2v) is 6.66. The van der Waals surface area contributed by atoms with Crippen molar-refractivity contribution < 1.29 is 18.7 Å². The highest BCUT2D eigenvalue weighted by Crippen LogP contribution is 2.30. The molecule has 3 aromatic rings. The van der Waals surface area contributed by atoms with E-state index in [9.17, 15) is 14.4 Å². The van der Waals surface area contributed by atoms with E-state index in [0.717, 1.165) is 0 Å². The lowest BCUT2D eigenvalue weighted by molar-refractivity contribution is 0.0725. The molecule has 2 N–H and O–H groups in total. The number of esters is 1. The molecule has 1 aromatic heterocycles. The second-order valence-electron chi connectivity index (χ2n) is 6.66. The van der Waals surface area contributed by atoms with Crippen molar-refractivity contribution in [3.8, 4) is 17.6 Å².